The van der Waals surface area contributed by atoms with Gasteiger partial charge in [-0.25, -0.2) is 14.0 Å². The van der Waals surface area contributed by atoms with Gasteiger partial charge in [0.25, 0.3) is 0 Å². The van der Waals surface area contributed by atoms with E-state index >= 15 is 0 Å². The van der Waals surface area contributed by atoms with Gasteiger partial charge in [0.05, 0.1) is 18.2 Å². The average Bonchev–Trinajstić information content (AvgIpc) is 2.46. The highest BCUT2D eigenvalue weighted by molar-refractivity contribution is 5.91. The van der Waals surface area contributed by atoms with Gasteiger partial charge in [-0.3, -0.25) is 0 Å². The molecule has 0 saturated heterocycles. The van der Waals surface area contributed by atoms with Crippen LogP contribution in [0.2, 0.25) is 0 Å². The third-order valence-electron chi connectivity index (χ3n) is 2.81. The number of esters is 1. The maximum Gasteiger partial charge on any atom is 0.337 e. The van der Waals surface area contributed by atoms with Crippen molar-refractivity contribution < 1.29 is 23.8 Å². The number of rotatable bonds is 3. The van der Waals surface area contributed by atoms with Crippen molar-refractivity contribution in [2.45, 2.75) is 0 Å². The van der Waals surface area contributed by atoms with Crippen molar-refractivity contribution in [2.24, 2.45) is 0 Å². The van der Waals surface area contributed by atoms with E-state index in [4.69, 9.17) is 5.11 Å². The molecule has 0 aliphatic heterocycles. The van der Waals surface area contributed by atoms with Crippen LogP contribution in [0.3, 0.4) is 0 Å². The van der Waals surface area contributed by atoms with E-state index in [2.05, 4.69) is 4.74 Å². The topological polar surface area (TPSA) is 63.6 Å². The third kappa shape index (κ3) is 2.66. The van der Waals surface area contributed by atoms with Gasteiger partial charge < -0.3 is 9.84 Å². The first kappa shape index (κ1) is 13.7. The third-order valence-corrected chi connectivity index (χ3v) is 2.81. The molecular weight excluding hydrogens is 263 g/mol. The molecule has 0 spiro atoms. The van der Waals surface area contributed by atoms with Gasteiger partial charge >= 0.3 is 11.9 Å². The van der Waals surface area contributed by atoms with E-state index in [0.717, 1.165) is 6.07 Å². The largest absolute Gasteiger partial charge is 0.478 e. The fourth-order valence-electron chi connectivity index (χ4n) is 1.81. The van der Waals surface area contributed by atoms with E-state index in [1.807, 2.05) is 0 Å². The minimum atomic E-state index is -1.20. The highest BCUT2D eigenvalue weighted by Crippen LogP contribution is 2.24. The van der Waals surface area contributed by atoms with Crippen molar-refractivity contribution in [3.63, 3.8) is 0 Å². The molecular formula is C15H11FO4. The summed E-state index contributed by atoms with van der Waals surface area (Å²) in [4.78, 5) is 22.2. The van der Waals surface area contributed by atoms with Crippen LogP contribution in [0, 0.1) is 5.82 Å². The number of carbonyl (C=O) groups is 2. The smallest absolute Gasteiger partial charge is 0.337 e. The minimum absolute atomic E-state index is 0.129. The van der Waals surface area contributed by atoms with E-state index in [0.29, 0.717) is 11.1 Å². The molecule has 1 N–H and O–H groups in total. The lowest BCUT2D eigenvalue weighted by Gasteiger charge is -2.06. The zero-order valence-corrected chi connectivity index (χ0v) is 10.6. The summed E-state index contributed by atoms with van der Waals surface area (Å²) in [6, 6.07) is 9.91. The lowest BCUT2D eigenvalue weighted by atomic mass is 10.0. The number of halogens is 1. The van der Waals surface area contributed by atoms with Crippen LogP contribution in [-0.4, -0.2) is 24.2 Å². The first-order valence-corrected chi connectivity index (χ1v) is 5.74. The number of carboxylic acid groups (broad SMARTS) is 1. The molecule has 0 saturated carbocycles. The van der Waals surface area contributed by atoms with Crippen LogP contribution < -0.4 is 0 Å². The summed E-state index contributed by atoms with van der Waals surface area (Å²) < 4.78 is 18.5. The number of hydrogen-bond donors (Lipinski definition) is 1. The number of ether oxygens (including phenoxy) is 1. The fraction of sp³-hybridized carbons (Fsp3) is 0.0667. The molecule has 4 nitrogen and oxygen atoms in total. The second-order valence-corrected chi connectivity index (χ2v) is 4.07. The molecule has 0 atom stereocenters. The summed E-state index contributed by atoms with van der Waals surface area (Å²) in [7, 11) is 1.26. The van der Waals surface area contributed by atoms with Crippen LogP contribution >= 0.6 is 0 Å². The first-order valence-electron chi connectivity index (χ1n) is 5.74. The number of carboxylic acids is 1. The highest BCUT2D eigenvalue weighted by Gasteiger charge is 2.12. The fourth-order valence-corrected chi connectivity index (χ4v) is 1.81. The normalized spacial score (nSPS) is 10.1. The van der Waals surface area contributed by atoms with Gasteiger partial charge in [-0.1, -0.05) is 18.2 Å². The molecule has 2 aromatic carbocycles. The lowest BCUT2D eigenvalue weighted by Crippen LogP contribution is -2.01. The molecule has 0 heterocycles. The molecule has 0 aliphatic rings. The van der Waals surface area contributed by atoms with Crippen molar-refractivity contribution in [3.8, 4) is 11.1 Å². The Labute approximate surface area is 114 Å². The standard InChI is InChI=1S/C15H11FO4/c1-20-15(19)11-4-2-3-9(7-11)12-6-5-10(14(17)18)8-13(12)16/h2-8H,1H3,(H,17,18). The van der Waals surface area contributed by atoms with E-state index in [9.17, 15) is 14.0 Å². The molecule has 0 radical (unpaired) electrons. The minimum Gasteiger partial charge on any atom is -0.478 e. The molecule has 0 bridgehead atoms. The summed E-state index contributed by atoms with van der Waals surface area (Å²) in [6.45, 7) is 0. The van der Waals surface area contributed by atoms with E-state index in [1.165, 1.54) is 25.3 Å². The van der Waals surface area contributed by atoms with Gasteiger partial charge in [0.1, 0.15) is 5.82 Å². The maximum absolute atomic E-state index is 13.9. The summed E-state index contributed by atoms with van der Waals surface area (Å²) >= 11 is 0. The predicted molar refractivity (Wildman–Crippen MR) is 70.1 cm³/mol. The molecule has 0 fully saturated rings. The molecule has 102 valence electrons. The Bertz CT molecular complexity index is 679. The van der Waals surface area contributed by atoms with E-state index in [1.54, 1.807) is 18.2 Å². The number of methoxy groups -OCH3 is 1. The zero-order valence-electron chi connectivity index (χ0n) is 10.6. The quantitative estimate of drug-likeness (QED) is 0.874. The van der Waals surface area contributed by atoms with Gasteiger partial charge in [-0.15, -0.1) is 0 Å². The molecule has 5 heteroatoms. The van der Waals surface area contributed by atoms with Crippen LogP contribution in [0.15, 0.2) is 42.5 Å². The number of aromatic carboxylic acids is 1. The first-order chi connectivity index (χ1) is 9.52. The molecule has 2 rings (SSSR count). The summed E-state index contributed by atoms with van der Waals surface area (Å²) in [5, 5.41) is 8.79. The Morgan fingerprint density at radius 1 is 1.10 bits per heavy atom. The van der Waals surface area contributed by atoms with Crippen LogP contribution in [0.5, 0.6) is 0 Å². The Morgan fingerprint density at radius 3 is 2.45 bits per heavy atom. The SMILES string of the molecule is COC(=O)c1cccc(-c2ccc(C(=O)O)cc2F)c1. The average molecular weight is 274 g/mol. The highest BCUT2D eigenvalue weighted by atomic mass is 19.1. The van der Waals surface area contributed by atoms with Crippen molar-refractivity contribution in [3.05, 3.63) is 59.4 Å². The lowest BCUT2D eigenvalue weighted by molar-refractivity contribution is 0.0600. The van der Waals surface area contributed by atoms with Crippen LogP contribution in [0.1, 0.15) is 20.7 Å². The maximum atomic E-state index is 13.9. The van der Waals surface area contributed by atoms with Crippen LogP contribution in [0.25, 0.3) is 11.1 Å². The summed E-state index contributed by atoms with van der Waals surface area (Å²) in [5.74, 6) is -2.37. The molecule has 20 heavy (non-hydrogen) atoms. The monoisotopic (exact) mass is 274 g/mol. The Hall–Kier alpha value is -2.69. The molecule has 0 aromatic heterocycles. The van der Waals surface area contributed by atoms with Crippen molar-refractivity contribution >= 4 is 11.9 Å². The van der Waals surface area contributed by atoms with Crippen molar-refractivity contribution in [1.29, 1.82) is 0 Å². The molecule has 0 amide bonds. The summed E-state index contributed by atoms with van der Waals surface area (Å²) in [6.07, 6.45) is 0. The Balaban J connectivity index is 2.46. The Kier molecular flexibility index (Phi) is 3.79. The number of benzene rings is 2. The van der Waals surface area contributed by atoms with Gasteiger partial charge in [-0.05, 0) is 29.8 Å². The molecule has 2 aromatic rings. The van der Waals surface area contributed by atoms with E-state index in [-0.39, 0.29) is 11.1 Å². The van der Waals surface area contributed by atoms with Gasteiger partial charge in [0, 0.05) is 5.56 Å². The van der Waals surface area contributed by atoms with Gasteiger partial charge in [-0.2, -0.15) is 0 Å². The predicted octanol–water partition coefficient (Wildman–Crippen LogP) is 2.98. The number of carbonyl (C=O) groups excluding carboxylic acids is 1. The van der Waals surface area contributed by atoms with E-state index < -0.39 is 17.8 Å². The van der Waals surface area contributed by atoms with Crippen molar-refractivity contribution in [2.75, 3.05) is 7.11 Å². The second kappa shape index (κ2) is 5.52. The van der Waals surface area contributed by atoms with Crippen LogP contribution in [-0.2, 0) is 4.74 Å². The molecule has 0 unspecified atom stereocenters. The number of hydrogen-bond acceptors (Lipinski definition) is 3. The summed E-state index contributed by atoms with van der Waals surface area (Å²) in [5.41, 5.74) is 0.866. The molecule has 0 aliphatic carbocycles. The van der Waals surface area contributed by atoms with Crippen LogP contribution in [0.4, 0.5) is 4.39 Å². The van der Waals surface area contributed by atoms with Crippen molar-refractivity contribution in [1.82, 2.24) is 0 Å². The zero-order chi connectivity index (χ0) is 14.7. The van der Waals surface area contributed by atoms with Gasteiger partial charge in [0.15, 0.2) is 0 Å². The second-order valence-electron chi connectivity index (χ2n) is 4.07. The Morgan fingerprint density at radius 2 is 1.85 bits per heavy atom. The van der Waals surface area contributed by atoms with Gasteiger partial charge in [0.2, 0.25) is 0 Å².